The molecule has 0 heterocycles. The lowest BCUT2D eigenvalue weighted by atomic mass is 9.87. The summed E-state index contributed by atoms with van der Waals surface area (Å²) in [6.45, 7) is 2.04. The summed E-state index contributed by atoms with van der Waals surface area (Å²) in [4.78, 5) is 0. The van der Waals surface area contributed by atoms with Gasteiger partial charge in [0, 0.05) is 12.5 Å². The van der Waals surface area contributed by atoms with Crippen molar-refractivity contribution in [1.82, 2.24) is 0 Å². The summed E-state index contributed by atoms with van der Waals surface area (Å²) in [5, 5.41) is 11.0. The standard InChI is InChI=1S/C16H17NO/c1-11-6-8-12(9-7-11)16(18)10-15(17)13-4-2-3-5-14(13)16/h2-9,15,18H,10,17H2,1H3. The molecule has 1 aliphatic carbocycles. The summed E-state index contributed by atoms with van der Waals surface area (Å²) >= 11 is 0. The van der Waals surface area contributed by atoms with Gasteiger partial charge in [-0.25, -0.2) is 0 Å². The number of fused-ring (bicyclic) bond motifs is 1. The van der Waals surface area contributed by atoms with Crippen LogP contribution in [0.4, 0.5) is 0 Å². The van der Waals surface area contributed by atoms with Gasteiger partial charge in [0.1, 0.15) is 5.60 Å². The summed E-state index contributed by atoms with van der Waals surface area (Å²) in [6, 6.07) is 15.9. The van der Waals surface area contributed by atoms with Gasteiger partial charge in [0.2, 0.25) is 0 Å². The molecule has 3 rings (SSSR count). The maximum absolute atomic E-state index is 11.0. The van der Waals surface area contributed by atoms with Crippen molar-refractivity contribution >= 4 is 0 Å². The Kier molecular flexibility index (Phi) is 2.51. The molecule has 0 radical (unpaired) electrons. The van der Waals surface area contributed by atoms with Crippen molar-refractivity contribution < 1.29 is 5.11 Å². The molecule has 2 heteroatoms. The lowest BCUT2D eigenvalue weighted by molar-refractivity contribution is 0.0776. The third-order valence-electron chi connectivity index (χ3n) is 3.85. The van der Waals surface area contributed by atoms with Gasteiger partial charge in [0.15, 0.2) is 0 Å². The van der Waals surface area contributed by atoms with E-state index in [1.165, 1.54) is 5.56 Å². The zero-order chi connectivity index (χ0) is 12.8. The Morgan fingerprint density at radius 3 is 2.50 bits per heavy atom. The van der Waals surface area contributed by atoms with Crippen LogP contribution in [0, 0.1) is 6.92 Å². The molecule has 2 nitrogen and oxygen atoms in total. The average Bonchev–Trinajstić information content (AvgIpc) is 2.64. The van der Waals surface area contributed by atoms with E-state index in [0.29, 0.717) is 6.42 Å². The minimum Gasteiger partial charge on any atom is -0.380 e. The van der Waals surface area contributed by atoms with Crippen LogP contribution in [0.2, 0.25) is 0 Å². The largest absolute Gasteiger partial charge is 0.380 e. The Labute approximate surface area is 107 Å². The normalized spacial score (nSPS) is 26.1. The van der Waals surface area contributed by atoms with Crippen molar-refractivity contribution in [3.05, 3.63) is 70.8 Å². The first-order chi connectivity index (χ1) is 8.61. The van der Waals surface area contributed by atoms with E-state index in [1.807, 2.05) is 55.5 Å². The molecule has 0 fully saturated rings. The second-order valence-electron chi connectivity index (χ2n) is 5.12. The highest BCUT2D eigenvalue weighted by atomic mass is 16.3. The Morgan fingerprint density at radius 2 is 1.78 bits per heavy atom. The highest BCUT2D eigenvalue weighted by Crippen LogP contribution is 2.45. The van der Waals surface area contributed by atoms with Crippen LogP contribution in [0.3, 0.4) is 0 Å². The topological polar surface area (TPSA) is 46.2 Å². The molecule has 0 saturated heterocycles. The molecule has 0 spiro atoms. The van der Waals surface area contributed by atoms with Crippen LogP contribution >= 0.6 is 0 Å². The molecule has 1 aliphatic rings. The van der Waals surface area contributed by atoms with Crippen LogP contribution < -0.4 is 5.73 Å². The van der Waals surface area contributed by atoms with Crippen LogP contribution in [-0.4, -0.2) is 5.11 Å². The predicted molar refractivity (Wildman–Crippen MR) is 72.2 cm³/mol. The van der Waals surface area contributed by atoms with Gasteiger partial charge in [0.05, 0.1) is 0 Å². The summed E-state index contributed by atoms with van der Waals surface area (Å²) in [5.41, 5.74) is 9.31. The molecule has 2 aromatic carbocycles. The Morgan fingerprint density at radius 1 is 1.11 bits per heavy atom. The van der Waals surface area contributed by atoms with Crippen molar-refractivity contribution in [3.8, 4) is 0 Å². The smallest absolute Gasteiger partial charge is 0.117 e. The number of nitrogens with two attached hydrogens (primary N) is 1. The second kappa shape index (κ2) is 3.94. The number of hydrogen-bond donors (Lipinski definition) is 2. The minimum atomic E-state index is -0.941. The number of hydrogen-bond acceptors (Lipinski definition) is 2. The monoisotopic (exact) mass is 239 g/mol. The van der Waals surface area contributed by atoms with E-state index >= 15 is 0 Å². The molecular weight excluding hydrogens is 222 g/mol. The molecular formula is C16H17NO. The molecule has 2 aromatic rings. The maximum Gasteiger partial charge on any atom is 0.117 e. The summed E-state index contributed by atoms with van der Waals surface area (Å²) in [7, 11) is 0. The van der Waals surface area contributed by atoms with E-state index in [4.69, 9.17) is 5.73 Å². The van der Waals surface area contributed by atoms with Crippen LogP contribution in [0.15, 0.2) is 48.5 Å². The van der Waals surface area contributed by atoms with Gasteiger partial charge in [-0.05, 0) is 23.6 Å². The van der Waals surface area contributed by atoms with Gasteiger partial charge in [0.25, 0.3) is 0 Å². The first kappa shape index (κ1) is 11.5. The Balaban J connectivity index is 2.14. The second-order valence-corrected chi connectivity index (χ2v) is 5.12. The number of rotatable bonds is 1. The van der Waals surface area contributed by atoms with E-state index in [1.54, 1.807) is 0 Å². The van der Waals surface area contributed by atoms with E-state index in [0.717, 1.165) is 16.7 Å². The summed E-state index contributed by atoms with van der Waals surface area (Å²) < 4.78 is 0. The fraction of sp³-hybridized carbons (Fsp3) is 0.250. The van der Waals surface area contributed by atoms with Crippen LogP contribution in [0.1, 0.15) is 34.7 Å². The van der Waals surface area contributed by atoms with Gasteiger partial charge < -0.3 is 10.8 Å². The number of aryl methyl sites for hydroxylation is 1. The van der Waals surface area contributed by atoms with Gasteiger partial charge in [-0.15, -0.1) is 0 Å². The fourth-order valence-electron chi connectivity index (χ4n) is 2.84. The average molecular weight is 239 g/mol. The molecule has 0 aromatic heterocycles. The maximum atomic E-state index is 11.0. The zero-order valence-corrected chi connectivity index (χ0v) is 10.4. The number of benzene rings is 2. The van der Waals surface area contributed by atoms with Gasteiger partial charge >= 0.3 is 0 Å². The van der Waals surface area contributed by atoms with Gasteiger partial charge in [-0.1, -0.05) is 54.1 Å². The van der Waals surface area contributed by atoms with E-state index in [-0.39, 0.29) is 6.04 Å². The van der Waals surface area contributed by atoms with Crippen molar-refractivity contribution in [2.24, 2.45) is 5.73 Å². The van der Waals surface area contributed by atoms with Crippen molar-refractivity contribution in [2.75, 3.05) is 0 Å². The molecule has 0 amide bonds. The third-order valence-corrected chi connectivity index (χ3v) is 3.85. The van der Waals surface area contributed by atoms with Crippen molar-refractivity contribution in [1.29, 1.82) is 0 Å². The molecule has 18 heavy (non-hydrogen) atoms. The van der Waals surface area contributed by atoms with E-state index < -0.39 is 5.60 Å². The fourth-order valence-corrected chi connectivity index (χ4v) is 2.84. The van der Waals surface area contributed by atoms with Gasteiger partial charge in [-0.2, -0.15) is 0 Å². The predicted octanol–water partition coefficient (Wildman–Crippen LogP) is 2.63. The SMILES string of the molecule is Cc1ccc(C2(O)CC(N)c3ccccc32)cc1. The molecule has 2 atom stereocenters. The first-order valence-corrected chi connectivity index (χ1v) is 6.26. The quantitative estimate of drug-likeness (QED) is 0.803. The number of aliphatic hydroxyl groups is 1. The third kappa shape index (κ3) is 1.57. The molecule has 0 aliphatic heterocycles. The lowest BCUT2D eigenvalue weighted by Gasteiger charge is -2.25. The van der Waals surface area contributed by atoms with Crippen LogP contribution in [-0.2, 0) is 5.60 Å². The zero-order valence-electron chi connectivity index (χ0n) is 10.4. The highest BCUT2D eigenvalue weighted by Gasteiger charge is 2.41. The lowest BCUT2D eigenvalue weighted by Crippen LogP contribution is -2.25. The van der Waals surface area contributed by atoms with Gasteiger partial charge in [-0.3, -0.25) is 0 Å². The molecule has 0 bridgehead atoms. The summed E-state index contributed by atoms with van der Waals surface area (Å²) in [6.07, 6.45) is 0.551. The van der Waals surface area contributed by atoms with E-state index in [2.05, 4.69) is 0 Å². The molecule has 3 N–H and O–H groups in total. The van der Waals surface area contributed by atoms with Crippen LogP contribution in [0.25, 0.3) is 0 Å². The van der Waals surface area contributed by atoms with Crippen molar-refractivity contribution in [2.45, 2.75) is 25.0 Å². The summed E-state index contributed by atoms with van der Waals surface area (Å²) in [5.74, 6) is 0. The van der Waals surface area contributed by atoms with Crippen molar-refractivity contribution in [3.63, 3.8) is 0 Å². The minimum absolute atomic E-state index is 0.0903. The van der Waals surface area contributed by atoms with Crippen LogP contribution in [0.5, 0.6) is 0 Å². The Bertz CT molecular complexity index is 576. The first-order valence-electron chi connectivity index (χ1n) is 6.26. The Hall–Kier alpha value is -1.64. The molecule has 92 valence electrons. The van der Waals surface area contributed by atoms with E-state index in [9.17, 15) is 5.11 Å². The highest BCUT2D eigenvalue weighted by molar-refractivity contribution is 5.47. The molecule has 2 unspecified atom stereocenters. The molecule has 0 saturated carbocycles.